The summed E-state index contributed by atoms with van der Waals surface area (Å²) in [6.45, 7) is 2.25. The lowest BCUT2D eigenvalue weighted by Crippen LogP contribution is -2.47. The van der Waals surface area contributed by atoms with E-state index in [9.17, 15) is 9.59 Å². The fourth-order valence-corrected chi connectivity index (χ4v) is 4.31. The van der Waals surface area contributed by atoms with Crippen LogP contribution in [0.3, 0.4) is 0 Å². The van der Waals surface area contributed by atoms with Crippen molar-refractivity contribution in [3.05, 3.63) is 108 Å². The van der Waals surface area contributed by atoms with E-state index in [1.54, 1.807) is 0 Å². The van der Waals surface area contributed by atoms with Gasteiger partial charge in [0.2, 0.25) is 0 Å². The highest BCUT2D eigenvalue weighted by Gasteiger charge is 2.62. The Morgan fingerprint density at radius 2 is 1.35 bits per heavy atom. The molecule has 6 nitrogen and oxygen atoms in total. The summed E-state index contributed by atoms with van der Waals surface area (Å²) in [5.74, 6) is -0.509. The normalized spacial score (nSPS) is 18.8. The molecule has 1 saturated carbocycles. The minimum absolute atomic E-state index is 0.0725. The van der Waals surface area contributed by atoms with Gasteiger partial charge in [0, 0.05) is 25.6 Å². The van der Waals surface area contributed by atoms with Gasteiger partial charge in [-0.2, -0.15) is 0 Å². The summed E-state index contributed by atoms with van der Waals surface area (Å²) < 4.78 is 10.4. The molecule has 3 aromatic carbocycles. The van der Waals surface area contributed by atoms with E-state index in [1.807, 2.05) is 66.7 Å². The molecule has 176 valence electrons. The fraction of sp³-hybridized carbons (Fsp3) is 0.286. The topological polar surface area (TPSA) is 67.9 Å². The lowest BCUT2D eigenvalue weighted by molar-refractivity contribution is -0.144. The number of hydrogen-bond acceptors (Lipinski definition) is 5. The van der Waals surface area contributed by atoms with E-state index in [4.69, 9.17) is 9.47 Å². The lowest BCUT2D eigenvalue weighted by atomic mass is 10.1. The number of hydrogen-bond donors (Lipinski definition) is 1. The first-order valence-corrected chi connectivity index (χ1v) is 11.5. The number of nitrogens with one attached hydrogen (secondary N) is 1. The largest absolute Gasteiger partial charge is 0.467 e. The number of esters is 1. The quantitative estimate of drug-likeness (QED) is 0.452. The molecule has 0 radical (unpaired) electrons. The summed E-state index contributed by atoms with van der Waals surface area (Å²) in [5, 5.41) is 2.81. The second-order valence-electron chi connectivity index (χ2n) is 8.69. The van der Waals surface area contributed by atoms with Gasteiger partial charge in [0.05, 0.1) is 7.11 Å². The summed E-state index contributed by atoms with van der Waals surface area (Å²) in [5.41, 5.74) is 2.21. The maximum absolute atomic E-state index is 12.7. The molecule has 2 atom stereocenters. The smallest absolute Gasteiger partial charge is 0.408 e. The van der Waals surface area contributed by atoms with Crippen LogP contribution in [0.5, 0.6) is 0 Å². The Labute approximate surface area is 200 Å². The van der Waals surface area contributed by atoms with Crippen molar-refractivity contribution >= 4 is 12.1 Å². The van der Waals surface area contributed by atoms with E-state index in [0.717, 1.165) is 18.7 Å². The highest BCUT2D eigenvalue weighted by molar-refractivity contribution is 5.89. The summed E-state index contributed by atoms with van der Waals surface area (Å²) in [7, 11) is 1.35. The van der Waals surface area contributed by atoms with Gasteiger partial charge >= 0.3 is 12.1 Å². The molecule has 4 rings (SSSR count). The highest BCUT2D eigenvalue weighted by atomic mass is 16.6. The number of alkyl carbamates (subject to hydrolysis) is 1. The first-order chi connectivity index (χ1) is 16.6. The SMILES string of the molecule is COC(=O)[C@@]1(NC(=O)OCc2ccccc2)C[C@@H]1CN(Cc1ccccc1)Cc1ccccc1. The predicted molar refractivity (Wildman–Crippen MR) is 130 cm³/mol. The second kappa shape index (κ2) is 11.0. The van der Waals surface area contributed by atoms with Crippen LogP contribution in [0.15, 0.2) is 91.0 Å². The number of rotatable bonds is 10. The van der Waals surface area contributed by atoms with Gasteiger partial charge in [-0.3, -0.25) is 4.90 Å². The van der Waals surface area contributed by atoms with E-state index in [-0.39, 0.29) is 12.5 Å². The maximum Gasteiger partial charge on any atom is 0.408 e. The maximum atomic E-state index is 12.7. The van der Waals surface area contributed by atoms with Crippen LogP contribution in [0.1, 0.15) is 23.1 Å². The zero-order valence-electron chi connectivity index (χ0n) is 19.4. The van der Waals surface area contributed by atoms with Crippen molar-refractivity contribution in [3.63, 3.8) is 0 Å². The van der Waals surface area contributed by atoms with Crippen LogP contribution < -0.4 is 5.32 Å². The molecule has 0 bridgehead atoms. The van der Waals surface area contributed by atoms with Crippen molar-refractivity contribution < 1.29 is 19.1 Å². The van der Waals surface area contributed by atoms with Crippen molar-refractivity contribution in [2.45, 2.75) is 31.7 Å². The standard InChI is InChI=1S/C28H30N2O4/c1-33-26(31)28(29-27(32)34-21-24-15-9-4-10-16-24)17-25(28)20-30(18-22-11-5-2-6-12-22)19-23-13-7-3-8-14-23/h2-16,25H,17-21H2,1H3,(H,29,32)/t25-,28-/m1/s1. The van der Waals surface area contributed by atoms with E-state index in [0.29, 0.717) is 13.0 Å². The molecule has 0 aromatic heterocycles. The molecule has 0 aliphatic heterocycles. The van der Waals surface area contributed by atoms with Gasteiger partial charge in [-0.25, -0.2) is 9.59 Å². The molecule has 1 N–H and O–H groups in total. The number of nitrogens with zero attached hydrogens (tertiary/aromatic N) is 1. The highest BCUT2D eigenvalue weighted by Crippen LogP contribution is 2.45. The van der Waals surface area contributed by atoms with Gasteiger partial charge in [-0.1, -0.05) is 91.0 Å². The Morgan fingerprint density at radius 1 is 0.853 bits per heavy atom. The van der Waals surface area contributed by atoms with Crippen LogP contribution in [-0.2, 0) is 34.0 Å². The molecular formula is C28H30N2O4. The molecule has 1 fully saturated rings. The van der Waals surface area contributed by atoms with Crippen LogP contribution in [-0.4, -0.2) is 36.2 Å². The molecule has 6 heteroatoms. The van der Waals surface area contributed by atoms with Gasteiger partial charge in [0.15, 0.2) is 0 Å². The first-order valence-electron chi connectivity index (χ1n) is 11.5. The molecule has 34 heavy (non-hydrogen) atoms. The molecule has 1 aliphatic rings. The Kier molecular flexibility index (Phi) is 7.60. The zero-order valence-corrected chi connectivity index (χ0v) is 19.4. The van der Waals surface area contributed by atoms with E-state index >= 15 is 0 Å². The molecular weight excluding hydrogens is 428 g/mol. The second-order valence-corrected chi connectivity index (χ2v) is 8.69. The Balaban J connectivity index is 1.43. The number of carbonyl (C=O) groups excluding carboxylic acids is 2. The third kappa shape index (κ3) is 6.02. The van der Waals surface area contributed by atoms with Gasteiger partial charge in [0.25, 0.3) is 0 Å². The predicted octanol–water partition coefficient (Wildman–Crippen LogP) is 4.55. The fourth-order valence-electron chi connectivity index (χ4n) is 4.31. The van der Waals surface area contributed by atoms with E-state index in [1.165, 1.54) is 18.2 Å². The third-order valence-corrected chi connectivity index (χ3v) is 6.17. The van der Waals surface area contributed by atoms with Gasteiger partial charge < -0.3 is 14.8 Å². The van der Waals surface area contributed by atoms with Crippen molar-refractivity contribution in [2.75, 3.05) is 13.7 Å². The Bertz CT molecular complexity index is 1030. The zero-order chi connectivity index (χ0) is 23.8. The molecule has 0 saturated heterocycles. The van der Waals surface area contributed by atoms with E-state index in [2.05, 4.69) is 34.5 Å². The van der Waals surface area contributed by atoms with Crippen molar-refractivity contribution in [2.24, 2.45) is 5.92 Å². The number of carbonyl (C=O) groups is 2. The molecule has 0 spiro atoms. The summed E-state index contributed by atoms with van der Waals surface area (Å²) in [4.78, 5) is 27.6. The minimum Gasteiger partial charge on any atom is -0.467 e. The van der Waals surface area contributed by atoms with Crippen LogP contribution >= 0.6 is 0 Å². The van der Waals surface area contributed by atoms with E-state index < -0.39 is 17.6 Å². The van der Waals surface area contributed by atoms with Crippen LogP contribution in [0.4, 0.5) is 4.79 Å². The number of benzene rings is 3. The summed E-state index contributed by atoms with van der Waals surface area (Å²) in [6.07, 6.45) is -0.102. The number of amides is 1. The summed E-state index contributed by atoms with van der Waals surface area (Å²) in [6, 6.07) is 29.9. The molecule has 1 amide bonds. The lowest BCUT2D eigenvalue weighted by Gasteiger charge is -2.25. The van der Waals surface area contributed by atoms with Crippen molar-refractivity contribution in [1.82, 2.24) is 10.2 Å². The monoisotopic (exact) mass is 458 g/mol. The molecule has 0 heterocycles. The number of methoxy groups -OCH3 is 1. The third-order valence-electron chi connectivity index (χ3n) is 6.17. The Morgan fingerprint density at radius 3 is 1.85 bits per heavy atom. The van der Waals surface area contributed by atoms with Crippen molar-refractivity contribution in [3.8, 4) is 0 Å². The average Bonchev–Trinajstić information content (AvgIpc) is 3.56. The van der Waals surface area contributed by atoms with Crippen LogP contribution in [0.2, 0.25) is 0 Å². The summed E-state index contributed by atoms with van der Waals surface area (Å²) >= 11 is 0. The molecule has 1 aliphatic carbocycles. The van der Waals surface area contributed by atoms with Gasteiger partial charge in [-0.15, -0.1) is 0 Å². The average molecular weight is 459 g/mol. The van der Waals surface area contributed by atoms with Gasteiger partial charge in [-0.05, 0) is 23.1 Å². The van der Waals surface area contributed by atoms with Crippen molar-refractivity contribution in [1.29, 1.82) is 0 Å². The number of ether oxygens (including phenoxy) is 2. The van der Waals surface area contributed by atoms with Gasteiger partial charge in [0.1, 0.15) is 12.1 Å². The Hall–Kier alpha value is -3.64. The van der Waals surface area contributed by atoms with Crippen LogP contribution in [0.25, 0.3) is 0 Å². The van der Waals surface area contributed by atoms with Crippen LogP contribution in [0, 0.1) is 5.92 Å². The molecule has 0 unspecified atom stereocenters. The first kappa shape index (κ1) is 23.5. The minimum atomic E-state index is -1.06. The molecule has 3 aromatic rings.